The van der Waals surface area contributed by atoms with Gasteiger partial charge < -0.3 is 19.7 Å². The van der Waals surface area contributed by atoms with Gasteiger partial charge in [-0.3, -0.25) is 4.90 Å². The van der Waals surface area contributed by atoms with Crippen molar-refractivity contribution in [2.24, 2.45) is 0 Å². The van der Waals surface area contributed by atoms with E-state index >= 15 is 0 Å². The number of aliphatic hydroxyl groups is 1. The van der Waals surface area contributed by atoms with E-state index in [0.29, 0.717) is 23.2 Å². The Balaban J connectivity index is 1.90. The van der Waals surface area contributed by atoms with Crippen LogP contribution in [0, 0.1) is 0 Å². The minimum Gasteiger partial charge on any atom is -0.503 e. The van der Waals surface area contributed by atoms with Crippen molar-refractivity contribution in [3.8, 4) is 11.5 Å². The molecule has 1 aromatic rings. The fraction of sp³-hybridized carbons (Fsp3) is 0.667. The fourth-order valence-electron chi connectivity index (χ4n) is 3.79. The summed E-state index contributed by atoms with van der Waals surface area (Å²) < 4.78 is 12.1. The third kappa shape index (κ3) is 3.29. The lowest BCUT2D eigenvalue weighted by Gasteiger charge is -2.47. The molecule has 1 aromatic carbocycles. The van der Waals surface area contributed by atoms with Gasteiger partial charge in [-0.05, 0) is 66.7 Å². The monoisotopic (exact) mass is 399 g/mol. The number of halogens is 1. The predicted octanol–water partition coefficient (Wildman–Crippen LogP) is 3.01. The molecule has 2 aliphatic heterocycles. The first-order chi connectivity index (χ1) is 11.2. The van der Waals surface area contributed by atoms with Gasteiger partial charge in [-0.15, -0.1) is 0 Å². The summed E-state index contributed by atoms with van der Waals surface area (Å²) in [6, 6.07) is 2.03. The van der Waals surface area contributed by atoms with Crippen molar-refractivity contribution in [1.82, 2.24) is 4.90 Å². The Morgan fingerprint density at radius 1 is 1.33 bits per heavy atom. The van der Waals surface area contributed by atoms with Gasteiger partial charge in [0.15, 0.2) is 11.5 Å². The molecule has 0 amide bonds. The molecule has 24 heavy (non-hydrogen) atoms. The highest BCUT2D eigenvalue weighted by atomic mass is 79.9. The Morgan fingerprint density at radius 3 is 2.67 bits per heavy atom. The van der Waals surface area contributed by atoms with Crippen LogP contribution in [0.15, 0.2) is 10.5 Å². The summed E-state index contributed by atoms with van der Waals surface area (Å²) in [5, 5.41) is 20.8. The van der Waals surface area contributed by atoms with Crippen molar-refractivity contribution in [2.45, 2.75) is 57.5 Å². The highest BCUT2D eigenvalue weighted by Gasteiger charge is 2.41. The molecular formula is C18H26BrNO4. The van der Waals surface area contributed by atoms with Crippen LogP contribution in [0.2, 0.25) is 0 Å². The van der Waals surface area contributed by atoms with Crippen LogP contribution in [0.4, 0.5) is 0 Å². The van der Waals surface area contributed by atoms with E-state index in [9.17, 15) is 10.2 Å². The number of phenolic OH excluding ortho intramolecular Hbond substituents is 1. The number of rotatable bonds is 2. The molecule has 0 aromatic heterocycles. The largest absolute Gasteiger partial charge is 0.503 e. The van der Waals surface area contributed by atoms with E-state index in [1.165, 1.54) is 0 Å². The fourth-order valence-corrected chi connectivity index (χ4v) is 4.41. The summed E-state index contributed by atoms with van der Waals surface area (Å²) in [5.74, 6) is 0.611. The number of methoxy groups -OCH3 is 1. The number of ether oxygens (including phenoxy) is 2. The molecule has 0 spiro atoms. The maximum absolute atomic E-state index is 10.6. The SMILES string of the molecule is COc1cc2c(c(Br)c1O)CCN1C[C@@H](OC(C)(C)C)[C@H](O)C[C@H]21. The molecule has 2 heterocycles. The maximum Gasteiger partial charge on any atom is 0.172 e. The van der Waals surface area contributed by atoms with Gasteiger partial charge in [-0.1, -0.05) is 0 Å². The van der Waals surface area contributed by atoms with Crippen molar-refractivity contribution in [1.29, 1.82) is 0 Å². The molecule has 2 N–H and O–H groups in total. The first-order valence-corrected chi connectivity index (χ1v) is 9.18. The van der Waals surface area contributed by atoms with Gasteiger partial charge in [0.1, 0.15) is 0 Å². The van der Waals surface area contributed by atoms with Crippen molar-refractivity contribution in [3.63, 3.8) is 0 Å². The molecule has 2 aliphatic rings. The zero-order valence-corrected chi connectivity index (χ0v) is 16.3. The quantitative estimate of drug-likeness (QED) is 0.799. The molecule has 0 unspecified atom stereocenters. The summed E-state index contributed by atoms with van der Waals surface area (Å²) in [6.07, 6.45) is 0.788. The highest BCUT2D eigenvalue weighted by molar-refractivity contribution is 9.10. The number of fused-ring (bicyclic) bond motifs is 3. The zero-order chi connectivity index (χ0) is 17.6. The molecule has 3 rings (SSSR count). The molecule has 1 saturated heterocycles. The number of aromatic hydroxyl groups is 1. The van der Waals surface area contributed by atoms with Crippen LogP contribution in [0.1, 0.15) is 44.4 Å². The third-order valence-electron chi connectivity index (χ3n) is 4.82. The smallest absolute Gasteiger partial charge is 0.172 e. The van der Waals surface area contributed by atoms with Gasteiger partial charge in [-0.2, -0.15) is 0 Å². The lowest BCUT2D eigenvalue weighted by molar-refractivity contribution is -0.149. The number of hydrogen-bond donors (Lipinski definition) is 2. The van der Waals surface area contributed by atoms with E-state index < -0.39 is 6.10 Å². The van der Waals surface area contributed by atoms with E-state index in [0.717, 1.165) is 24.1 Å². The summed E-state index contributed by atoms with van der Waals surface area (Å²) in [6.45, 7) is 7.65. The molecule has 3 atom stereocenters. The van der Waals surface area contributed by atoms with Crippen LogP contribution >= 0.6 is 15.9 Å². The van der Waals surface area contributed by atoms with E-state index in [1.807, 2.05) is 26.8 Å². The number of piperidine rings is 1. The van der Waals surface area contributed by atoms with Crippen LogP contribution in [-0.4, -0.2) is 53.1 Å². The summed E-state index contributed by atoms with van der Waals surface area (Å²) in [4.78, 5) is 2.37. The lowest BCUT2D eigenvalue weighted by atomic mass is 9.84. The van der Waals surface area contributed by atoms with Gasteiger partial charge in [-0.25, -0.2) is 0 Å². The van der Waals surface area contributed by atoms with Crippen LogP contribution < -0.4 is 4.74 Å². The molecule has 0 saturated carbocycles. The summed E-state index contributed by atoms with van der Waals surface area (Å²) in [5.41, 5.74) is 1.96. The molecule has 0 radical (unpaired) electrons. The Hall–Kier alpha value is -0.820. The van der Waals surface area contributed by atoms with Gasteiger partial charge in [0.05, 0.1) is 29.4 Å². The van der Waals surface area contributed by atoms with E-state index in [-0.39, 0.29) is 23.5 Å². The van der Waals surface area contributed by atoms with Gasteiger partial charge in [0, 0.05) is 19.1 Å². The summed E-state index contributed by atoms with van der Waals surface area (Å²) >= 11 is 3.51. The van der Waals surface area contributed by atoms with E-state index in [1.54, 1.807) is 7.11 Å². The average molecular weight is 400 g/mol. The van der Waals surface area contributed by atoms with Crippen LogP contribution in [-0.2, 0) is 11.2 Å². The zero-order valence-electron chi connectivity index (χ0n) is 14.7. The minimum atomic E-state index is -0.505. The standard InChI is InChI=1S/C18H26BrNO4/c1-18(2,3)24-15-9-20-6-5-10-11(12(20)8-13(15)21)7-14(23-4)17(22)16(10)19/h7,12-13,15,21-22H,5-6,8-9H2,1-4H3/t12-,13-,15-/m1/s1. The van der Waals surface area contributed by atoms with Gasteiger partial charge in [0.2, 0.25) is 0 Å². The molecule has 5 nitrogen and oxygen atoms in total. The van der Waals surface area contributed by atoms with Crippen molar-refractivity contribution in [2.75, 3.05) is 20.2 Å². The van der Waals surface area contributed by atoms with Crippen LogP contribution in [0.25, 0.3) is 0 Å². The Bertz CT molecular complexity index is 628. The van der Waals surface area contributed by atoms with Gasteiger partial charge in [0.25, 0.3) is 0 Å². The second-order valence-corrected chi connectivity index (χ2v) is 8.43. The Kier molecular flexibility index (Phi) is 4.86. The second kappa shape index (κ2) is 6.48. The molecule has 0 bridgehead atoms. The Labute approximate surface area is 151 Å². The van der Waals surface area contributed by atoms with Crippen LogP contribution in [0.5, 0.6) is 11.5 Å². The number of aliphatic hydroxyl groups excluding tert-OH is 1. The number of hydrogen-bond acceptors (Lipinski definition) is 5. The first kappa shape index (κ1) is 18.0. The maximum atomic E-state index is 10.6. The minimum absolute atomic E-state index is 0.120. The van der Waals surface area contributed by atoms with Crippen molar-refractivity contribution >= 4 is 15.9 Å². The molecule has 6 heteroatoms. The summed E-state index contributed by atoms with van der Waals surface area (Å²) in [7, 11) is 1.55. The van der Waals surface area contributed by atoms with E-state index in [4.69, 9.17) is 9.47 Å². The molecule has 0 aliphatic carbocycles. The normalized spacial score (nSPS) is 27.5. The molecular weight excluding hydrogens is 374 g/mol. The number of benzene rings is 1. The van der Waals surface area contributed by atoms with Crippen LogP contribution in [0.3, 0.4) is 0 Å². The molecule has 1 fully saturated rings. The average Bonchev–Trinajstić information content (AvgIpc) is 2.50. The lowest BCUT2D eigenvalue weighted by Crippen LogP contribution is -2.53. The molecule has 134 valence electrons. The first-order valence-electron chi connectivity index (χ1n) is 8.39. The third-order valence-corrected chi connectivity index (χ3v) is 5.68. The topological polar surface area (TPSA) is 62.2 Å². The second-order valence-electron chi connectivity index (χ2n) is 7.64. The number of nitrogens with zero attached hydrogens (tertiary/aromatic N) is 1. The highest BCUT2D eigenvalue weighted by Crippen LogP contribution is 2.46. The van der Waals surface area contributed by atoms with Gasteiger partial charge >= 0.3 is 0 Å². The van der Waals surface area contributed by atoms with Crippen molar-refractivity contribution in [3.05, 3.63) is 21.7 Å². The Morgan fingerprint density at radius 2 is 2.04 bits per heavy atom. The predicted molar refractivity (Wildman–Crippen MR) is 95.6 cm³/mol. The van der Waals surface area contributed by atoms with Crippen molar-refractivity contribution < 1.29 is 19.7 Å². The van der Waals surface area contributed by atoms with E-state index in [2.05, 4.69) is 20.8 Å². The number of phenols is 1.